The van der Waals surface area contributed by atoms with E-state index in [2.05, 4.69) is 60.8 Å². The minimum Gasteiger partial charge on any atom is -0.480 e. The number of hydrogen-bond acceptors (Lipinski definition) is 3. The van der Waals surface area contributed by atoms with Gasteiger partial charge in [0.2, 0.25) is 5.91 Å². The molecule has 0 radical (unpaired) electrons. The van der Waals surface area contributed by atoms with Crippen LogP contribution in [0.1, 0.15) is 71.1 Å². The molecule has 5 nitrogen and oxygen atoms in total. The number of nitrogens with two attached hydrogens (primary N) is 1. The molecule has 4 N–H and O–H groups in total. The zero-order chi connectivity index (χ0) is 20.9. The highest BCUT2D eigenvalue weighted by Crippen LogP contribution is 2.04. The Bertz CT molecular complexity index is 522. The van der Waals surface area contributed by atoms with E-state index in [1.807, 2.05) is 0 Å². The summed E-state index contributed by atoms with van der Waals surface area (Å²) in [4.78, 5) is 22.9. The Morgan fingerprint density at radius 1 is 0.893 bits per heavy atom. The molecule has 0 aromatic rings. The summed E-state index contributed by atoms with van der Waals surface area (Å²) in [6, 6.07) is -0.828. The highest BCUT2D eigenvalue weighted by molar-refractivity contribution is 5.83. The Labute approximate surface area is 170 Å². The average molecular weight is 391 g/mol. The van der Waals surface area contributed by atoms with Gasteiger partial charge in [-0.15, -0.1) is 0 Å². The molecule has 0 saturated heterocycles. The van der Waals surface area contributed by atoms with Crippen LogP contribution in [0.15, 0.2) is 48.6 Å². The van der Waals surface area contributed by atoms with E-state index in [0.29, 0.717) is 25.8 Å². The van der Waals surface area contributed by atoms with E-state index in [-0.39, 0.29) is 5.91 Å². The molecule has 0 rings (SSSR count). The van der Waals surface area contributed by atoms with Gasteiger partial charge < -0.3 is 16.2 Å². The van der Waals surface area contributed by atoms with Gasteiger partial charge in [-0.05, 0) is 64.3 Å². The Morgan fingerprint density at radius 2 is 1.46 bits per heavy atom. The summed E-state index contributed by atoms with van der Waals surface area (Å²) in [5.41, 5.74) is 5.39. The number of amides is 1. The third kappa shape index (κ3) is 17.3. The van der Waals surface area contributed by atoms with Crippen LogP contribution in [-0.2, 0) is 9.59 Å². The Morgan fingerprint density at radius 3 is 2.00 bits per heavy atom. The van der Waals surface area contributed by atoms with Crippen LogP contribution in [0.5, 0.6) is 0 Å². The molecule has 0 aliphatic carbocycles. The number of carbonyl (C=O) groups excluding carboxylic acids is 1. The average Bonchev–Trinajstić information content (AvgIpc) is 2.67. The van der Waals surface area contributed by atoms with Gasteiger partial charge in [-0.1, -0.05) is 55.5 Å². The number of nitrogens with one attached hydrogen (secondary N) is 1. The van der Waals surface area contributed by atoms with Crippen molar-refractivity contribution in [2.24, 2.45) is 5.73 Å². The minimum atomic E-state index is -0.999. The third-order valence-corrected chi connectivity index (χ3v) is 4.07. The molecule has 1 atom stereocenters. The first-order valence-electron chi connectivity index (χ1n) is 10.4. The molecule has 0 fully saturated rings. The highest BCUT2D eigenvalue weighted by Gasteiger charge is 2.18. The first-order valence-corrected chi connectivity index (χ1v) is 10.4. The van der Waals surface area contributed by atoms with Gasteiger partial charge in [0.25, 0.3) is 0 Å². The quantitative estimate of drug-likeness (QED) is 0.249. The topological polar surface area (TPSA) is 92.4 Å². The van der Waals surface area contributed by atoms with Gasteiger partial charge in [0, 0.05) is 6.42 Å². The lowest BCUT2D eigenvalue weighted by molar-refractivity contribution is -0.142. The number of allylic oxidation sites excluding steroid dienone is 8. The summed E-state index contributed by atoms with van der Waals surface area (Å²) < 4.78 is 0. The van der Waals surface area contributed by atoms with Gasteiger partial charge in [0.05, 0.1) is 0 Å². The Hall–Kier alpha value is -2.14. The largest absolute Gasteiger partial charge is 0.480 e. The van der Waals surface area contributed by atoms with Crippen molar-refractivity contribution >= 4 is 11.9 Å². The standard InChI is InChI=1S/C23H38N2O3/c1-2-3-4-5-6-7-8-9-10-11-12-13-14-15-16-19-22(26)25-21(23(27)28)18-17-20-24/h3-4,6-7,9-10,12-13,21H,2,5,8,11,14-20,24H2,1H3,(H,25,26)(H,27,28)/b4-3-,7-6-,10-9-,13-12-/t21-/m0/s1. The summed E-state index contributed by atoms with van der Waals surface area (Å²) in [5, 5.41) is 11.6. The monoisotopic (exact) mass is 390 g/mol. The minimum absolute atomic E-state index is 0.199. The second-order valence-electron chi connectivity index (χ2n) is 6.64. The van der Waals surface area contributed by atoms with Crippen molar-refractivity contribution in [3.05, 3.63) is 48.6 Å². The Balaban J connectivity index is 3.70. The molecule has 0 aliphatic heterocycles. The van der Waals surface area contributed by atoms with Crippen LogP contribution in [0.3, 0.4) is 0 Å². The number of unbranched alkanes of at least 4 members (excludes halogenated alkanes) is 2. The molecule has 5 heteroatoms. The van der Waals surface area contributed by atoms with Crippen molar-refractivity contribution < 1.29 is 14.7 Å². The predicted octanol–water partition coefficient (Wildman–Crippen LogP) is 4.66. The lowest BCUT2D eigenvalue weighted by Gasteiger charge is -2.13. The van der Waals surface area contributed by atoms with Crippen LogP contribution in [0.2, 0.25) is 0 Å². The van der Waals surface area contributed by atoms with Gasteiger partial charge in [0.1, 0.15) is 6.04 Å². The number of carboxylic acids is 1. The molecular weight excluding hydrogens is 352 g/mol. The first kappa shape index (κ1) is 25.9. The summed E-state index contributed by atoms with van der Waals surface area (Å²) in [5.74, 6) is -1.20. The van der Waals surface area contributed by atoms with Crippen molar-refractivity contribution in [2.75, 3.05) is 6.54 Å². The number of hydrogen-bond donors (Lipinski definition) is 3. The number of aliphatic carboxylic acids is 1. The van der Waals surface area contributed by atoms with E-state index in [4.69, 9.17) is 10.8 Å². The van der Waals surface area contributed by atoms with E-state index in [1.165, 1.54) is 0 Å². The van der Waals surface area contributed by atoms with Gasteiger partial charge in [-0.3, -0.25) is 4.79 Å². The number of carbonyl (C=O) groups is 2. The summed E-state index contributed by atoms with van der Waals surface area (Å²) in [6.07, 6.45) is 25.2. The maximum Gasteiger partial charge on any atom is 0.326 e. The van der Waals surface area contributed by atoms with Crippen molar-refractivity contribution in [1.29, 1.82) is 0 Å². The SMILES string of the molecule is CC/C=C\C/C=C\C/C=C\C/C=C\CCCCC(=O)N[C@@H](CCCN)C(=O)O. The molecule has 0 aromatic carbocycles. The van der Waals surface area contributed by atoms with Crippen molar-refractivity contribution in [3.8, 4) is 0 Å². The molecule has 0 aliphatic rings. The fourth-order valence-corrected chi connectivity index (χ4v) is 2.49. The predicted molar refractivity (Wildman–Crippen MR) is 117 cm³/mol. The first-order chi connectivity index (χ1) is 13.6. The van der Waals surface area contributed by atoms with Gasteiger partial charge in [-0.2, -0.15) is 0 Å². The molecular formula is C23H38N2O3. The van der Waals surface area contributed by atoms with Crippen molar-refractivity contribution in [3.63, 3.8) is 0 Å². The zero-order valence-corrected chi connectivity index (χ0v) is 17.3. The molecule has 158 valence electrons. The second kappa shape index (κ2) is 19.6. The number of rotatable bonds is 17. The lowest BCUT2D eigenvalue weighted by atomic mass is 10.1. The molecule has 1 amide bonds. The van der Waals surface area contributed by atoms with Crippen LogP contribution in [0, 0.1) is 0 Å². The van der Waals surface area contributed by atoms with Crippen LogP contribution >= 0.6 is 0 Å². The molecule has 0 spiro atoms. The molecule has 0 bridgehead atoms. The van der Waals surface area contributed by atoms with E-state index < -0.39 is 12.0 Å². The molecule has 0 unspecified atom stereocenters. The van der Waals surface area contributed by atoms with Crippen LogP contribution in [0.4, 0.5) is 0 Å². The van der Waals surface area contributed by atoms with Crippen LogP contribution < -0.4 is 11.1 Å². The molecule has 0 heterocycles. The van der Waals surface area contributed by atoms with E-state index in [9.17, 15) is 9.59 Å². The lowest BCUT2D eigenvalue weighted by Crippen LogP contribution is -2.40. The second-order valence-corrected chi connectivity index (χ2v) is 6.64. The normalized spacial score (nSPS) is 13.2. The Kier molecular flexibility index (Phi) is 18.1. The van der Waals surface area contributed by atoms with Crippen molar-refractivity contribution in [1.82, 2.24) is 5.32 Å². The van der Waals surface area contributed by atoms with E-state index in [0.717, 1.165) is 44.9 Å². The zero-order valence-electron chi connectivity index (χ0n) is 17.3. The maximum atomic E-state index is 11.8. The maximum absolute atomic E-state index is 11.8. The summed E-state index contributed by atoms with van der Waals surface area (Å²) in [7, 11) is 0. The van der Waals surface area contributed by atoms with Crippen molar-refractivity contribution in [2.45, 2.75) is 77.2 Å². The molecule has 28 heavy (non-hydrogen) atoms. The highest BCUT2D eigenvalue weighted by atomic mass is 16.4. The third-order valence-electron chi connectivity index (χ3n) is 4.07. The summed E-state index contributed by atoms with van der Waals surface area (Å²) in [6.45, 7) is 2.56. The van der Waals surface area contributed by atoms with Gasteiger partial charge in [-0.25, -0.2) is 4.79 Å². The van der Waals surface area contributed by atoms with Gasteiger partial charge in [0.15, 0.2) is 0 Å². The smallest absolute Gasteiger partial charge is 0.326 e. The van der Waals surface area contributed by atoms with E-state index in [1.54, 1.807) is 0 Å². The van der Waals surface area contributed by atoms with Gasteiger partial charge >= 0.3 is 5.97 Å². The van der Waals surface area contributed by atoms with E-state index >= 15 is 0 Å². The summed E-state index contributed by atoms with van der Waals surface area (Å²) >= 11 is 0. The van der Waals surface area contributed by atoms with Crippen LogP contribution in [-0.4, -0.2) is 29.6 Å². The fraction of sp³-hybridized carbons (Fsp3) is 0.565. The number of carboxylic acid groups (broad SMARTS) is 1. The molecule has 0 aromatic heterocycles. The molecule has 0 saturated carbocycles. The van der Waals surface area contributed by atoms with Crippen LogP contribution in [0.25, 0.3) is 0 Å². The fourth-order valence-electron chi connectivity index (χ4n) is 2.49.